The summed E-state index contributed by atoms with van der Waals surface area (Å²) in [6.07, 6.45) is -0.971. The first kappa shape index (κ1) is 42.3. The summed E-state index contributed by atoms with van der Waals surface area (Å²) in [5, 5.41) is 4.92. The monoisotopic (exact) mass is 852 g/mol. The molecule has 62 heavy (non-hydrogen) atoms. The van der Waals surface area contributed by atoms with Gasteiger partial charge in [-0.1, -0.05) is 30.7 Å². The molecular formula is C45H43F3N6O8. The normalized spacial score (nSPS) is 17.1. The van der Waals surface area contributed by atoms with Crippen molar-refractivity contribution in [1.82, 2.24) is 24.7 Å². The second-order valence-electron chi connectivity index (χ2n) is 15.3. The Kier molecular flexibility index (Phi) is 12.5. The Morgan fingerprint density at radius 3 is 2.32 bits per heavy atom. The molecule has 0 aliphatic carbocycles. The molecule has 4 aromatic carbocycles. The fourth-order valence-electron chi connectivity index (χ4n) is 7.87. The number of imidazole rings is 1. The van der Waals surface area contributed by atoms with Gasteiger partial charge in [-0.15, -0.1) is 0 Å². The number of imide groups is 2. The Labute approximate surface area is 353 Å². The fraction of sp³-hybridized carbons (Fsp3) is 0.333. The number of hydrogen-bond acceptors (Lipinski definition) is 10. The number of hydrogen-bond donors (Lipinski definition) is 2. The summed E-state index contributed by atoms with van der Waals surface area (Å²) in [6.45, 7) is 4.02. The summed E-state index contributed by atoms with van der Waals surface area (Å²) in [4.78, 5) is 71.2. The molecular weight excluding hydrogens is 810 g/mol. The van der Waals surface area contributed by atoms with Crippen LogP contribution in [0.4, 0.5) is 19.1 Å². The quantitative estimate of drug-likeness (QED) is 0.0905. The zero-order valence-electron chi connectivity index (χ0n) is 33.5. The molecule has 1 aromatic heterocycles. The van der Waals surface area contributed by atoms with Crippen LogP contribution in [0.2, 0.25) is 0 Å². The highest BCUT2D eigenvalue weighted by Crippen LogP contribution is 2.32. The van der Waals surface area contributed by atoms with E-state index in [-0.39, 0.29) is 68.5 Å². The molecule has 4 heterocycles. The molecule has 2 saturated heterocycles. The molecule has 3 aliphatic heterocycles. The van der Waals surface area contributed by atoms with Crippen molar-refractivity contribution >= 4 is 46.5 Å². The Hall–Kier alpha value is -6.43. The largest absolute Gasteiger partial charge is 0.491 e. The number of piperidine rings is 2. The lowest BCUT2D eigenvalue weighted by atomic mass is 10.0. The lowest BCUT2D eigenvalue weighted by Crippen LogP contribution is -2.54. The molecule has 2 fully saturated rings. The molecule has 1 atom stereocenters. The van der Waals surface area contributed by atoms with Gasteiger partial charge in [0.15, 0.2) is 0 Å². The molecule has 5 amide bonds. The van der Waals surface area contributed by atoms with Crippen molar-refractivity contribution in [3.8, 4) is 11.4 Å². The van der Waals surface area contributed by atoms with Gasteiger partial charge in [0.2, 0.25) is 17.8 Å². The molecule has 3 aliphatic rings. The number of nitrogens with zero attached hydrogens (tertiary/aromatic N) is 4. The number of amides is 5. The van der Waals surface area contributed by atoms with Crippen LogP contribution in [-0.2, 0) is 38.4 Å². The number of aromatic nitrogens is 2. The van der Waals surface area contributed by atoms with Crippen molar-refractivity contribution in [3.05, 3.63) is 118 Å². The third kappa shape index (κ3) is 9.39. The van der Waals surface area contributed by atoms with E-state index in [4.69, 9.17) is 19.2 Å². The summed E-state index contributed by atoms with van der Waals surface area (Å²) in [5.41, 5.74) is 3.17. The number of ether oxygens (including phenoxy) is 3. The number of rotatable bonds is 15. The molecule has 1 unspecified atom stereocenters. The summed E-state index contributed by atoms with van der Waals surface area (Å²) in [6, 6.07) is 21.1. The number of likely N-dealkylation sites (tertiary alicyclic amines) is 1. The topological polar surface area (TPSA) is 161 Å². The molecule has 0 bridgehead atoms. The maximum absolute atomic E-state index is 13.4. The maximum Gasteiger partial charge on any atom is 0.416 e. The number of anilines is 1. The number of nitrogens with one attached hydrogen (secondary N) is 2. The van der Waals surface area contributed by atoms with Crippen molar-refractivity contribution in [3.63, 3.8) is 0 Å². The van der Waals surface area contributed by atoms with E-state index >= 15 is 0 Å². The lowest BCUT2D eigenvalue weighted by Gasteiger charge is -2.27. The Balaban J connectivity index is 0.847. The molecule has 17 heteroatoms. The first-order chi connectivity index (χ1) is 29.9. The molecule has 0 radical (unpaired) electrons. The highest BCUT2D eigenvalue weighted by molar-refractivity contribution is 6.23. The molecule has 14 nitrogen and oxygen atoms in total. The molecule has 322 valence electrons. The predicted octanol–water partition coefficient (Wildman–Crippen LogP) is 6.30. The minimum Gasteiger partial charge on any atom is -0.491 e. The summed E-state index contributed by atoms with van der Waals surface area (Å²) < 4.78 is 59.3. The minimum absolute atomic E-state index is 0.0339. The van der Waals surface area contributed by atoms with Gasteiger partial charge in [-0.05, 0) is 104 Å². The predicted molar refractivity (Wildman–Crippen MR) is 219 cm³/mol. The van der Waals surface area contributed by atoms with E-state index in [0.717, 1.165) is 60.6 Å². The van der Waals surface area contributed by atoms with Crippen LogP contribution in [0.5, 0.6) is 5.75 Å². The minimum atomic E-state index is -4.60. The van der Waals surface area contributed by atoms with E-state index in [1.165, 1.54) is 30.7 Å². The third-order valence-corrected chi connectivity index (χ3v) is 11.0. The molecule has 5 aromatic rings. The molecule has 2 N–H and O–H groups in total. The Bertz CT molecular complexity index is 2520. The van der Waals surface area contributed by atoms with Gasteiger partial charge in [-0.3, -0.25) is 49.0 Å². The number of alkyl halides is 3. The van der Waals surface area contributed by atoms with Crippen molar-refractivity contribution in [1.29, 1.82) is 0 Å². The number of benzene rings is 4. The van der Waals surface area contributed by atoms with Crippen molar-refractivity contribution in [2.45, 2.75) is 57.5 Å². The zero-order chi connectivity index (χ0) is 43.4. The van der Waals surface area contributed by atoms with Gasteiger partial charge in [0, 0.05) is 24.2 Å². The number of carbonyl (C=O) groups is 5. The SMILES string of the molecule is O=C1CCC(N2C(=O)c3ccc(OCCOCCOCc4ccc(-n5c(NC(=O)c6cccc(C(F)(F)F)c6)nc6cc(CN7CCCCC7)ccc65)cc4)cc3C2=O)C(=O)N1. The van der Waals surface area contributed by atoms with Gasteiger partial charge in [-0.25, -0.2) is 4.98 Å². The fourth-order valence-corrected chi connectivity index (χ4v) is 7.87. The van der Waals surface area contributed by atoms with Crippen LogP contribution >= 0.6 is 0 Å². The van der Waals surface area contributed by atoms with E-state index in [0.29, 0.717) is 22.5 Å². The lowest BCUT2D eigenvalue weighted by molar-refractivity contribution is -0.138. The van der Waals surface area contributed by atoms with Crippen LogP contribution in [0.25, 0.3) is 16.7 Å². The molecule has 0 saturated carbocycles. The van der Waals surface area contributed by atoms with Gasteiger partial charge in [-0.2, -0.15) is 13.2 Å². The van der Waals surface area contributed by atoms with Crippen molar-refractivity contribution in [2.24, 2.45) is 0 Å². The second kappa shape index (κ2) is 18.3. The summed E-state index contributed by atoms with van der Waals surface area (Å²) in [7, 11) is 0. The number of halogens is 3. The highest BCUT2D eigenvalue weighted by Gasteiger charge is 2.44. The average Bonchev–Trinajstić information content (AvgIpc) is 3.74. The van der Waals surface area contributed by atoms with Gasteiger partial charge >= 0.3 is 6.18 Å². The van der Waals surface area contributed by atoms with Crippen LogP contribution in [0.3, 0.4) is 0 Å². The van der Waals surface area contributed by atoms with Gasteiger partial charge in [0.1, 0.15) is 18.4 Å². The standard InChI is InChI=1S/C45H43F3N6O8/c46-45(47,48)31-6-4-5-30(24-31)40(56)51-44-49-36-23-29(26-52-17-2-1-3-18-52)9-14-37(36)53(44)32-10-7-28(8-11-32)27-61-20-19-60-21-22-62-33-12-13-34-35(25-33)43(59)54(42(34)58)38-15-16-39(55)50-41(38)57/h4-14,23-25,38H,1-3,15-22,26-27H2,(H,49,51,56)(H,50,55,57). The van der Waals surface area contributed by atoms with Gasteiger partial charge in [0.05, 0.1) is 54.2 Å². The van der Waals surface area contributed by atoms with E-state index in [1.54, 1.807) is 10.6 Å². The van der Waals surface area contributed by atoms with Crippen LogP contribution < -0.4 is 15.4 Å². The highest BCUT2D eigenvalue weighted by atomic mass is 19.4. The van der Waals surface area contributed by atoms with Crippen molar-refractivity contribution < 1.29 is 51.4 Å². The van der Waals surface area contributed by atoms with E-state index < -0.39 is 47.3 Å². The maximum atomic E-state index is 13.4. The second-order valence-corrected chi connectivity index (χ2v) is 15.3. The zero-order valence-corrected chi connectivity index (χ0v) is 33.5. The first-order valence-corrected chi connectivity index (χ1v) is 20.4. The number of carbonyl (C=O) groups excluding carboxylic acids is 5. The van der Waals surface area contributed by atoms with Crippen LogP contribution in [0, 0.1) is 0 Å². The number of fused-ring (bicyclic) bond motifs is 2. The smallest absolute Gasteiger partial charge is 0.416 e. The van der Waals surface area contributed by atoms with Gasteiger partial charge in [0.25, 0.3) is 17.7 Å². The summed E-state index contributed by atoms with van der Waals surface area (Å²) in [5.74, 6) is -2.54. The summed E-state index contributed by atoms with van der Waals surface area (Å²) >= 11 is 0. The third-order valence-electron chi connectivity index (χ3n) is 11.0. The van der Waals surface area contributed by atoms with Gasteiger partial charge < -0.3 is 14.2 Å². The van der Waals surface area contributed by atoms with Crippen molar-refractivity contribution in [2.75, 3.05) is 44.8 Å². The van der Waals surface area contributed by atoms with E-state index in [1.807, 2.05) is 42.5 Å². The van der Waals surface area contributed by atoms with Crippen LogP contribution in [-0.4, -0.2) is 94.4 Å². The van der Waals surface area contributed by atoms with E-state index in [9.17, 15) is 37.1 Å². The van der Waals surface area contributed by atoms with Crippen LogP contribution in [0.15, 0.2) is 84.9 Å². The van der Waals surface area contributed by atoms with Crippen LogP contribution in [0.1, 0.15) is 79.9 Å². The molecule has 0 spiro atoms. The Morgan fingerprint density at radius 1 is 0.806 bits per heavy atom. The molecule has 8 rings (SSSR count). The van der Waals surface area contributed by atoms with E-state index in [2.05, 4.69) is 15.5 Å². The Morgan fingerprint density at radius 2 is 1.55 bits per heavy atom. The first-order valence-electron chi connectivity index (χ1n) is 20.4. The average molecular weight is 853 g/mol.